The molecule has 2 aromatic carbocycles. The SMILES string of the molecule is COc1ccc2c(c1)N(CCCS(=O)(=O)[O-])C(C)(C)C=C2CS(=O)(=O)[O-].COc1ccc2c(c1)N(CCCS(=O)(=O)[O-])C(C)(C)CC2CS(=O)(=O)[O-].[Na+].[Na+].[Na+].[Na+]. The largest absolute Gasteiger partial charge is 1.00 e. The molecule has 2 aromatic rings. The molecule has 1 atom stereocenters. The van der Waals surface area contributed by atoms with E-state index in [1.807, 2.05) is 37.5 Å². The number of benzene rings is 2. The molecule has 0 saturated heterocycles. The predicted octanol–water partition coefficient (Wildman–Crippen LogP) is -9.58. The quantitative estimate of drug-likeness (QED) is 0.126. The van der Waals surface area contributed by atoms with E-state index < -0.39 is 80.5 Å². The third-order valence-corrected chi connectivity index (χ3v) is 11.9. The van der Waals surface area contributed by atoms with Crippen molar-refractivity contribution < 1.29 is 180 Å². The van der Waals surface area contributed by atoms with Crippen molar-refractivity contribution in [3.8, 4) is 11.5 Å². The minimum Gasteiger partial charge on any atom is -0.748 e. The van der Waals surface area contributed by atoms with Gasteiger partial charge in [-0.3, -0.25) is 0 Å². The zero-order chi connectivity index (χ0) is 39.5. The van der Waals surface area contributed by atoms with Crippen LogP contribution in [0.3, 0.4) is 0 Å². The Labute approximate surface area is 420 Å². The number of ether oxygens (including phenoxy) is 2. The van der Waals surface area contributed by atoms with Gasteiger partial charge in [-0.05, 0) is 76.3 Å². The van der Waals surface area contributed by atoms with Gasteiger partial charge in [-0.1, -0.05) is 12.1 Å². The fraction of sp³-hybridized carbons (Fsp3) is 0.562. The molecule has 24 heteroatoms. The first-order chi connectivity index (χ1) is 23.6. The first kappa shape index (κ1) is 59.1. The Balaban J connectivity index is 0. The van der Waals surface area contributed by atoms with Gasteiger partial charge in [-0.2, -0.15) is 0 Å². The summed E-state index contributed by atoms with van der Waals surface area (Å²) in [6, 6.07) is 10.2. The average molecular weight is 901 g/mol. The van der Waals surface area contributed by atoms with Gasteiger partial charge < -0.3 is 37.5 Å². The van der Waals surface area contributed by atoms with Gasteiger partial charge in [0.05, 0.1) is 66.0 Å². The van der Waals surface area contributed by atoms with E-state index in [9.17, 15) is 51.9 Å². The average Bonchev–Trinajstić information content (AvgIpc) is 2.96. The number of hydrogen-bond acceptors (Lipinski definition) is 16. The molecule has 2 aliphatic rings. The van der Waals surface area contributed by atoms with Crippen molar-refractivity contribution in [3.05, 3.63) is 53.6 Å². The van der Waals surface area contributed by atoms with E-state index in [1.54, 1.807) is 42.5 Å². The molecule has 294 valence electrons. The monoisotopic (exact) mass is 900 g/mol. The molecule has 16 nitrogen and oxygen atoms in total. The molecule has 56 heavy (non-hydrogen) atoms. The minimum absolute atomic E-state index is 0. The fourth-order valence-electron chi connectivity index (χ4n) is 6.74. The Bertz CT molecular complexity index is 2100. The van der Waals surface area contributed by atoms with Gasteiger partial charge in [-0.15, -0.1) is 0 Å². The van der Waals surface area contributed by atoms with Crippen molar-refractivity contribution in [2.24, 2.45) is 0 Å². The van der Waals surface area contributed by atoms with E-state index in [2.05, 4.69) is 0 Å². The number of anilines is 2. The van der Waals surface area contributed by atoms with Crippen molar-refractivity contribution in [1.29, 1.82) is 0 Å². The van der Waals surface area contributed by atoms with Crippen LogP contribution in [0.4, 0.5) is 11.4 Å². The van der Waals surface area contributed by atoms with Gasteiger partial charge >= 0.3 is 118 Å². The van der Waals surface area contributed by atoms with E-state index >= 15 is 0 Å². The van der Waals surface area contributed by atoms with Crippen LogP contribution in [0.2, 0.25) is 0 Å². The normalized spacial score (nSPS) is 17.0. The Morgan fingerprint density at radius 1 is 0.661 bits per heavy atom. The minimum atomic E-state index is -4.47. The summed E-state index contributed by atoms with van der Waals surface area (Å²) in [6.45, 7) is 8.00. The molecule has 0 saturated carbocycles. The molecule has 0 bridgehead atoms. The Morgan fingerprint density at radius 2 is 1.12 bits per heavy atom. The molecule has 2 aliphatic heterocycles. The predicted molar refractivity (Wildman–Crippen MR) is 192 cm³/mol. The Kier molecular flexibility index (Phi) is 24.8. The summed E-state index contributed by atoms with van der Waals surface area (Å²) in [5.41, 5.74) is 1.75. The summed E-state index contributed by atoms with van der Waals surface area (Å²) in [5.74, 6) is -1.48. The maximum atomic E-state index is 11.3. The van der Waals surface area contributed by atoms with Crippen LogP contribution >= 0.6 is 0 Å². The van der Waals surface area contributed by atoms with Crippen LogP contribution in [0.15, 0.2) is 42.5 Å². The van der Waals surface area contributed by atoms with Gasteiger partial charge in [0.15, 0.2) is 0 Å². The van der Waals surface area contributed by atoms with Crippen LogP contribution in [0.5, 0.6) is 11.5 Å². The molecule has 0 aromatic heterocycles. The van der Waals surface area contributed by atoms with Crippen LogP contribution in [-0.2, 0) is 40.5 Å². The smallest absolute Gasteiger partial charge is 0.748 e. The van der Waals surface area contributed by atoms with E-state index in [0.717, 1.165) is 0 Å². The first-order valence-electron chi connectivity index (χ1n) is 16.0. The van der Waals surface area contributed by atoms with Crippen molar-refractivity contribution in [1.82, 2.24) is 0 Å². The van der Waals surface area contributed by atoms with Crippen LogP contribution in [0.1, 0.15) is 64.0 Å². The molecule has 2 heterocycles. The second-order valence-electron chi connectivity index (χ2n) is 13.8. The molecule has 4 rings (SSSR count). The van der Waals surface area contributed by atoms with Gasteiger partial charge in [0, 0.05) is 70.9 Å². The Morgan fingerprint density at radius 3 is 1.57 bits per heavy atom. The topological polar surface area (TPSA) is 254 Å². The summed E-state index contributed by atoms with van der Waals surface area (Å²) in [7, 11) is -14.5. The zero-order valence-electron chi connectivity index (χ0n) is 33.7. The number of hydrogen-bond donors (Lipinski definition) is 0. The molecule has 0 radical (unpaired) electrons. The van der Waals surface area contributed by atoms with Gasteiger partial charge in [0.2, 0.25) is 0 Å². The third-order valence-electron chi connectivity index (χ3n) is 8.80. The maximum Gasteiger partial charge on any atom is 1.00 e. The molecule has 0 amide bonds. The number of rotatable bonds is 14. The van der Waals surface area contributed by atoms with Crippen molar-refractivity contribution in [2.45, 2.75) is 64.0 Å². The molecule has 1 unspecified atom stereocenters. The molecule has 0 N–H and O–H groups in total. The van der Waals surface area contributed by atoms with Crippen molar-refractivity contribution in [3.63, 3.8) is 0 Å². The van der Waals surface area contributed by atoms with E-state index in [0.29, 0.717) is 52.5 Å². The summed E-state index contributed by atoms with van der Waals surface area (Å²) >= 11 is 0. The van der Waals surface area contributed by atoms with Crippen molar-refractivity contribution in [2.75, 3.05) is 60.1 Å². The number of methoxy groups -OCH3 is 2. The van der Waals surface area contributed by atoms with Crippen LogP contribution in [-0.4, -0.2) is 113 Å². The summed E-state index contributed by atoms with van der Waals surface area (Å²) in [5, 5.41) is 0. The van der Waals surface area contributed by atoms with Gasteiger partial charge in [0.25, 0.3) is 0 Å². The van der Waals surface area contributed by atoms with Crippen LogP contribution in [0.25, 0.3) is 5.57 Å². The van der Waals surface area contributed by atoms with Crippen LogP contribution < -0.4 is 138 Å². The summed E-state index contributed by atoms with van der Waals surface area (Å²) < 4.78 is 144. The van der Waals surface area contributed by atoms with E-state index in [4.69, 9.17) is 9.47 Å². The maximum absolute atomic E-state index is 11.3. The number of nitrogens with zero attached hydrogens (tertiary/aromatic N) is 2. The second-order valence-corrected chi connectivity index (χ2v) is 19.7. The zero-order valence-corrected chi connectivity index (χ0v) is 45.0. The van der Waals surface area contributed by atoms with E-state index in [-0.39, 0.29) is 138 Å². The molecule has 0 aliphatic carbocycles. The van der Waals surface area contributed by atoms with E-state index in [1.165, 1.54) is 14.2 Å². The van der Waals surface area contributed by atoms with Gasteiger partial charge in [-0.25, -0.2) is 33.7 Å². The summed E-state index contributed by atoms with van der Waals surface area (Å²) in [6.07, 6.45) is 2.37. The molecule has 0 spiro atoms. The molecular weight excluding hydrogens is 857 g/mol. The number of fused-ring (bicyclic) bond motifs is 2. The first-order valence-corrected chi connectivity index (χ1v) is 22.3. The standard InChI is InChI=1S/C16H25NO7S2.C16H23NO7S2.4Na/c2*1-16(2)10-12(11-26(21,22)23)14-6-5-13(24-3)9-15(14)17(16)7-4-8-25(18,19)20;;;;/h5-6,9,12H,4,7-8,10-11H2,1-3H3,(H,18,19,20)(H,21,22,23);5-6,9-10H,4,7-8,11H2,1-3H3,(H,18,19,20)(H,21,22,23);;;;/q;;4*+1/p-4. The molecular formula is C32H44N2Na4O14S4. The fourth-order valence-corrected chi connectivity index (χ4v) is 9.12. The molecule has 0 fully saturated rings. The summed E-state index contributed by atoms with van der Waals surface area (Å²) in [4.78, 5) is 3.82. The van der Waals surface area contributed by atoms with Crippen molar-refractivity contribution >= 4 is 57.4 Å². The second kappa shape index (κ2) is 23.5. The Hall–Kier alpha value is 1.02. The van der Waals surface area contributed by atoms with Crippen LogP contribution in [0, 0.1) is 0 Å². The third kappa shape index (κ3) is 18.6. The van der Waals surface area contributed by atoms with Gasteiger partial charge in [0.1, 0.15) is 11.5 Å².